The molecule has 0 radical (unpaired) electrons. The van der Waals surface area contributed by atoms with Crippen molar-refractivity contribution in [1.29, 1.82) is 0 Å². The van der Waals surface area contributed by atoms with Crippen LogP contribution in [0.5, 0.6) is 0 Å². The highest BCUT2D eigenvalue weighted by molar-refractivity contribution is 6.10. The standard InChI is InChI=1S/C18H16FNO5/c1-24-16(22)18(17(23)25-2)9-10-20-13(7-8-14(18)20)15(21)11-5-3-4-6-12(11)19/h3-8H,9-10H2,1-2H3. The molecular weight excluding hydrogens is 329 g/mol. The van der Waals surface area contributed by atoms with Crippen molar-refractivity contribution in [3.05, 3.63) is 59.2 Å². The summed E-state index contributed by atoms with van der Waals surface area (Å²) in [5, 5.41) is 0. The molecule has 0 fully saturated rings. The normalized spacial score (nSPS) is 14.7. The van der Waals surface area contributed by atoms with Crippen LogP contribution in [0.3, 0.4) is 0 Å². The maximum atomic E-state index is 13.9. The number of carbonyl (C=O) groups excluding carboxylic acids is 3. The molecule has 3 rings (SSSR count). The molecule has 0 N–H and O–H groups in total. The van der Waals surface area contributed by atoms with Gasteiger partial charge in [-0.3, -0.25) is 14.4 Å². The molecule has 1 aliphatic heterocycles. The quantitative estimate of drug-likeness (QED) is 0.480. The monoisotopic (exact) mass is 345 g/mol. The van der Waals surface area contributed by atoms with Gasteiger partial charge in [0, 0.05) is 12.2 Å². The average Bonchev–Trinajstić information content (AvgIpc) is 3.21. The smallest absolute Gasteiger partial charge is 0.329 e. The van der Waals surface area contributed by atoms with Crippen LogP contribution >= 0.6 is 0 Å². The molecule has 1 aromatic carbocycles. The zero-order chi connectivity index (χ0) is 18.2. The second kappa shape index (κ2) is 6.16. The van der Waals surface area contributed by atoms with E-state index in [1.165, 1.54) is 44.6 Å². The molecule has 0 spiro atoms. The number of hydrogen-bond donors (Lipinski definition) is 0. The van der Waals surface area contributed by atoms with Crippen molar-refractivity contribution < 1.29 is 28.2 Å². The predicted octanol–water partition coefficient (Wildman–Crippen LogP) is 1.85. The van der Waals surface area contributed by atoms with Gasteiger partial charge in [0.05, 0.1) is 25.5 Å². The molecule has 0 saturated heterocycles. The number of nitrogens with zero attached hydrogens (tertiary/aromatic N) is 1. The SMILES string of the molecule is COC(=O)C1(C(=O)OC)CCn2c(C(=O)c3ccccc3F)ccc21. The maximum absolute atomic E-state index is 13.9. The Kier molecular flexibility index (Phi) is 4.16. The lowest BCUT2D eigenvalue weighted by Gasteiger charge is -2.22. The Morgan fingerprint density at radius 2 is 1.68 bits per heavy atom. The van der Waals surface area contributed by atoms with E-state index in [2.05, 4.69) is 0 Å². The molecule has 0 unspecified atom stereocenters. The van der Waals surface area contributed by atoms with Crippen molar-refractivity contribution in [2.24, 2.45) is 0 Å². The number of benzene rings is 1. The molecule has 0 bridgehead atoms. The van der Waals surface area contributed by atoms with Crippen molar-refractivity contribution in [1.82, 2.24) is 4.57 Å². The van der Waals surface area contributed by atoms with Gasteiger partial charge in [0.25, 0.3) is 0 Å². The van der Waals surface area contributed by atoms with E-state index >= 15 is 0 Å². The number of carbonyl (C=O) groups is 3. The fourth-order valence-corrected chi connectivity index (χ4v) is 3.32. The summed E-state index contributed by atoms with van der Waals surface area (Å²) in [6.45, 7) is 0.238. The molecule has 0 saturated carbocycles. The highest BCUT2D eigenvalue weighted by Crippen LogP contribution is 2.39. The van der Waals surface area contributed by atoms with Gasteiger partial charge in [-0.1, -0.05) is 12.1 Å². The lowest BCUT2D eigenvalue weighted by Crippen LogP contribution is -2.43. The lowest BCUT2D eigenvalue weighted by atomic mass is 9.83. The molecule has 0 aliphatic carbocycles. The van der Waals surface area contributed by atoms with Crippen molar-refractivity contribution in [2.75, 3.05) is 14.2 Å². The Morgan fingerprint density at radius 1 is 1.04 bits per heavy atom. The largest absolute Gasteiger partial charge is 0.468 e. The molecule has 7 heteroatoms. The summed E-state index contributed by atoms with van der Waals surface area (Å²) in [6, 6.07) is 8.64. The van der Waals surface area contributed by atoms with Crippen LogP contribution in [0.15, 0.2) is 36.4 Å². The molecular formula is C18H16FNO5. The van der Waals surface area contributed by atoms with Gasteiger partial charge in [0.2, 0.25) is 11.2 Å². The third kappa shape index (κ3) is 2.34. The first kappa shape index (κ1) is 16.9. The number of methoxy groups -OCH3 is 2. The summed E-state index contributed by atoms with van der Waals surface area (Å²) in [5.41, 5.74) is -1.17. The first-order valence-electron chi connectivity index (χ1n) is 7.63. The van der Waals surface area contributed by atoms with Crippen molar-refractivity contribution >= 4 is 17.7 Å². The van der Waals surface area contributed by atoms with Crippen LogP contribution < -0.4 is 0 Å². The Labute approximate surface area is 143 Å². The predicted molar refractivity (Wildman–Crippen MR) is 84.6 cm³/mol. The van der Waals surface area contributed by atoms with E-state index in [1.54, 1.807) is 10.6 Å². The molecule has 0 amide bonds. The molecule has 2 aromatic rings. The van der Waals surface area contributed by atoms with E-state index in [1.807, 2.05) is 0 Å². The number of rotatable bonds is 4. The molecule has 6 nitrogen and oxygen atoms in total. The van der Waals surface area contributed by atoms with E-state index in [-0.39, 0.29) is 24.2 Å². The minimum Gasteiger partial charge on any atom is -0.468 e. The summed E-state index contributed by atoms with van der Waals surface area (Å²) in [5.74, 6) is -2.65. The molecule has 25 heavy (non-hydrogen) atoms. The van der Waals surface area contributed by atoms with Crippen LogP contribution in [-0.4, -0.2) is 36.5 Å². The molecule has 0 atom stereocenters. The van der Waals surface area contributed by atoms with Gasteiger partial charge in [0.15, 0.2) is 0 Å². The summed E-state index contributed by atoms with van der Waals surface area (Å²) in [7, 11) is 2.37. The average molecular weight is 345 g/mol. The third-order valence-electron chi connectivity index (χ3n) is 4.55. The molecule has 130 valence electrons. The van der Waals surface area contributed by atoms with Gasteiger partial charge in [-0.2, -0.15) is 0 Å². The Bertz CT molecular complexity index is 854. The zero-order valence-electron chi connectivity index (χ0n) is 13.7. The molecule has 1 aromatic heterocycles. The summed E-state index contributed by atoms with van der Waals surface area (Å²) in [6.07, 6.45) is 0.111. The second-order valence-corrected chi connectivity index (χ2v) is 5.70. The van der Waals surface area contributed by atoms with Gasteiger partial charge in [-0.25, -0.2) is 4.39 Å². The van der Waals surface area contributed by atoms with Gasteiger partial charge >= 0.3 is 11.9 Å². The van der Waals surface area contributed by atoms with E-state index in [0.717, 1.165) is 0 Å². The zero-order valence-corrected chi connectivity index (χ0v) is 13.7. The summed E-state index contributed by atoms with van der Waals surface area (Å²) >= 11 is 0. The molecule has 2 heterocycles. The van der Waals surface area contributed by atoms with E-state index in [0.29, 0.717) is 5.69 Å². The van der Waals surface area contributed by atoms with E-state index in [9.17, 15) is 18.8 Å². The topological polar surface area (TPSA) is 74.6 Å². The second-order valence-electron chi connectivity index (χ2n) is 5.70. The van der Waals surface area contributed by atoms with Crippen LogP contribution in [0.2, 0.25) is 0 Å². The number of halogens is 1. The highest BCUT2D eigenvalue weighted by Gasteiger charge is 2.55. The maximum Gasteiger partial charge on any atom is 0.329 e. The number of aromatic nitrogens is 1. The summed E-state index contributed by atoms with van der Waals surface area (Å²) in [4.78, 5) is 37.3. The summed E-state index contributed by atoms with van der Waals surface area (Å²) < 4.78 is 25.1. The fraction of sp³-hybridized carbons (Fsp3) is 0.278. The number of ketones is 1. The van der Waals surface area contributed by atoms with Crippen LogP contribution in [0.1, 0.15) is 28.2 Å². The van der Waals surface area contributed by atoms with Gasteiger partial charge in [-0.15, -0.1) is 0 Å². The number of esters is 2. The van der Waals surface area contributed by atoms with E-state index in [4.69, 9.17) is 9.47 Å². The van der Waals surface area contributed by atoms with Crippen LogP contribution in [0, 0.1) is 5.82 Å². The number of ether oxygens (including phenoxy) is 2. The van der Waals surface area contributed by atoms with Crippen LogP contribution in [-0.2, 0) is 31.0 Å². The minimum atomic E-state index is -1.61. The van der Waals surface area contributed by atoms with Gasteiger partial charge in [0.1, 0.15) is 5.82 Å². The van der Waals surface area contributed by atoms with Gasteiger partial charge < -0.3 is 14.0 Å². The number of hydrogen-bond acceptors (Lipinski definition) is 5. The Hall–Kier alpha value is -2.96. The fourth-order valence-electron chi connectivity index (χ4n) is 3.32. The van der Waals surface area contributed by atoms with Crippen molar-refractivity contribution in [3.8, 4) is 0 Å². The molecule has 1 aliphatic rings. The highest BCUT2D eigenvalue weighted by atomic mass is 19.1. The van der Waals surface area contributed by atoms with Crippen molar-refractivity contribution in [2.45, 2.75) is 18.4 Å². The van der Waals surface area contributed by atoms with E-state index < -0.39 is 29.0 Å². The lowest BCUT2D eigenvalue weighted by molar-refractivity contribution is -0.161. The first-order valence-corrected chi connectivity index (χ1v) is 7.63. The van der Waals surface area contributed by atoms with Crippen LogP contribution in [0.4, 0.5) is 4.39 Å². The van der Waals surface area contributed by atoms with Crippen molar-refractivity contribution in [3.63, 3.8) is 0 Å². The minimum absolute atomic E-state index is 0.0722. The first-order chi connectivity index (χ1) is 12.0. The van der Waals surface area contributed by atoms with Crippen LogP contribution in [0.25, 0.3) is 0 Å². The Balaban J connectivity index is 2.10. The van der Waals surface area contributed by atoms with Gasteiger partial charge in [-0.05, 0) is 30.7 Å². The third-order valence-corrected chi connectivity index (χ3v) is 4.55. The Morgan fingerprint density at radius 3 is 2.28 bits per heavy atom. The number of fused-ring (bicyclic) bond motifs is 1.